The number of benzene rings is 3. The molecule has 0 aliphatic carbocycles. The highest BCUT2D eigenvalue weighted by Crippen LogP contribution is 2.32. The molecule has 7 nitrogen and oxygen atoms in total. The summed E-state index contributed by atoms with van der Waals surface area (Å²) in [6, 6.07) is 17.6. The third-order valence-electron chi connectivity index (χ3n) is 4.71. The Kier molecular flexibility index (Phi) is 6.22. The lowest BCUT2D eigenvalue weighted by Crippen LogP contribution is -2.10. The number of ether oxygens (including phenoxy) is 2. The average molecular weight is 484 g/mol. The number of nitrogens with zero attached hydrogens (tertiary/aromatic N) is 1. The minimum atomic E-state index is -4.05. The first-order valence-corrected chi connectivity index (χ1v) is 11.5. The van der Waals surface area contributed by atoms with Crippen LogP contribution in [0.5, 0.6) is 11.5 Å². The molecule has 0 saturated heterocycles. The van der Waals surface area contributed by atoms with Gasteiger partial charge in [-0.25, -0.2) is 9.79 Å². The van der Waals surface area contributed by atoms with Gasteiger partial charge in [0.2, 0.25) is 5.90 Å². The summed E-state index contributed by atoms with van der Waals surface area (Å²) in [5, 5.41) is 0.554. The van der Waals surface area contributed by atoms with Gasteiger partial charge in [-0.15, -0.1) is 0 Å². The Bertz CT molecular complexity index is 1380. The van der Waals surface area contributed by atoms with E-state index in [4.69, 9.17) is 25.3 Å². The molecule has 1 heterocycles. The second kappa shape index (κ2) is 9.09. The van der Waals surface area contributed by atoms with E-state index in [0.717, 1.165) is 5.56 Å². The predicted octanol–water partition coefficient (Wildman–Crippen LogP) is 4.77. The van der Waals surface area contributed by atoms with E-state index in [-0.39, 0.29) is 28.0 Å². The summed E-state index contributed by atoms with van der Waals surface area (Å²) in [6.45, 7) is 1.86. The van der Waals surface area contributed by atoms with E-state index in [9.17, 15) is 13.2 Å². The second-order valence-corrected chi connectivity index (χ2v) is 9.09. The van der Waals surface area contributed by atoms with E-state index in [2.05, 4.69) is 4.99 Å². The zero-order chi connectivity index (χ0) is 23.6. The molecule has 0 amide bonds. The summed E-state index contributed by atoms with van der Waals surface area (Å²) in [4.78, 5) is 16.5. The van der Waals surface area contributed by atoms with Crippen LogP contribution in [0.2, 0.25) is 5.02 Å². The Labute approximate surface area is 196 Å². The smallest absolute Gasteiger partial charge is 0.363 e. The van der Waals surface area contributed by atoms with Crippen LogP contribution in [-0.2, 0) is 19.6 Å². The van der Waals surface area contributed by atoms with Gasteiger partial charge in [0, 0.05) is 10.6 Å². The third-order valence-corrected chi connectivity index (χ3v) is 6.21. The lowest BCUT2D eigenvalue weighted by atomic mass is 10.1. The summed E-state index contributed by atoms with van der Waals surface area (Å²) in [6.07, 6.45) is 1.51. The van der Waals surface area contributed by atoms with Gasteiger partial charge >= 0.3 is 16.1 Å². The molecule has 0 bridgehead atoms. The van der Waals surface area contributed by atoms with Crippen molar-refractivity contribution in [2.45, 2.75) is 11.8 Å². The van der Waals surface area contributed by atoms with E-state index in [1.165, 1.54) is 37.5 Å². The molecule has 0 atom stereocenters. The molecule has 3 aromatic rings. The Balaban J connectivity index is 1.60. The van der Waals surface area contributed by atoms with E-state index in [1.54, 1.807) is 42.5 Å². The van der Waals surface area contributed by atoms with Crippen molar-refractivity contribution < 1.29 is 26.9 Å². The molecule has 0 saturated carbocycles. The predicted molar refractivity (Wildman–Crippen MR) is 124 cm³/mol. The maximum absolute atomic E-state index is 12.6. The fraction of sp³-hybridized carbons (Fsp3) is 0.0833. The molecule has 0 fully saturated rings. The number of carbonyl (C=O) groups excluding carboxylic acids is 1. The summed E-state index contributed by atoms with van der Waals surface area (Å²) >= 11 is 5.89. The van der Waals surface area contributed by atoms with Gasteiger partial charge in [0.25, 0.3) is 0 Å². The maximum Gasteiger partial charge on any atom is 0.363 e. The zero-order valence-corrected chi connectivity index (χ0v) is 19.2. The number of rotatable bonds is 6. The largest absolute Gasteiger partial charge is 0.493 e. The van der Waals surface area contributed by atoms with Crippen molar-refractivity contribution in [1.29, 1.82) is 0 Å². The average Bonchev–Trinajstić information content (AvgIpc) is 3.15. The lowest BCUT2D eigenvalue weighted by Gasteiger charge is -2.11. The maximum atomic E-state index is 12.6. The summed E-state index contributed by atoms with van der Waals surface area (Å²) in [5.74, 6) is -0.256. The standard InChI is InChI=1S/C24H18ClNO6S/c1-15-3-10-19(11-4-15)33(28,29)32-21-12-5-16(14-22(21)30-2)13-20-24(27)31-23(26-20)17-6-8-18(25)9-7-17/h3-14H,1-2H3/b20-13-. The molecule has 0 radical (unpaired) electrons. The third kappa shape index (κ3) is 5.08. The quantitative estimate of drug-likeness (QED) is 0.285. The zero-order valence-electron chi connectivity index (χ0n) is 17.6. The van der Waals surface area contributed by atoms with Gasteiger partial charge in [-0.2, -0.15) is 8.42 Å². The molecule has 0 unspecified atom stereocenters. The molecule has 168 valence electrons. The number of cyclic esters (lactones) is 1. The monoisotopic (exact) mass is 483 g/mol. The van der Waals surface area contributed by atoms with Crippen LogP contribution in [0.1, 0.15) is 16.7 Å². The molecule has 0 aromatic heterocycles. The number of hydrogen-bond donors (Lipinski definition) is 0. The highest BCUT2D eigenvalue weighted by molar-refractivity contribution is 7.87. The number of carbonyl (C=O) groups is 1. The van der Waals surface area contributed by atoms with Crippen LogP contribution in [0, 0.1) is 6.92 Å². The van der Waals surface area contributed by atoms with Crippen molar-refractivity contribution in [1.82, 2.24) is 0 Å². The Morgan fingerprint density at radius 3 is 2.33 bits per heavy atom. The van der Waals surface area contributed by atoms with Gasteiger partial charge in [0.15, 0.2) is 17.2 Å². The summed E-state index contributed by atoms with van der Waals surface area (Å²) in [5.41, 5.74) is 2.16. The van der Waals surface area contributed by atoms with Crippen LogP contribution < -0.4 is 8.92 Å². The van der Waals surface area contributed by atoms with Crippen LogP contribution in [0.3, 0.4) is 0 Å². The number of aryl methyl sites for hydroxylation is 1. The first kappa shape index (κ1) is 22.6. The van der Waals surface area contributed by atoms with Crippen LogP contribution in [-0.4, -0.2) is 27.4 Å². The number of methoxy groups -OCH3 is 1. The van der Waals surface area contributed by atoms with E-state index in [0.29, 0.717) is 16.1 Å². The number of hydrogen-bond acceptors (Lipinski definition) is 7. The Morgan fingerprint density at radius 1 is 0.970 bits per heavy atom. The Morgan fingerprint density at radius 2 is 1.67 bits per heavy atom. The van der Waals surface area contributed by atoms with Gasteiger partial charge < -0.3 is 13.7 Å². The SMILES string of the molecule is COc1cc(/C=C2\N=C(c3ccc(Cl)cc3)OC2=O)ccc1OS(=O)(=O)c1ccc(C)cc1. The van der Waals surface area contributed by atoms with Crippen LogP contribution in [0.4, 0.5) is 0 Å². The molecular weight excluding hydrogens is 466 g/mol. The molecule has 9 heteroatoms. The van der Waals surface area contributed by atoms with Crippen molar-refractivity contribution in [2.75, 3.05) is 7.11 Å². The molecule has 1 aliphatic rings. The minimum Gasteiger partial charge on any atom is -0.493 e. The van der Waals surface area contributed by atoms with E-state index < -0.39 is 16.1 Å². The van der Waals surface area contributed by atoms with Gasteiger partial charge in [-0.1, -0.05) is 35.4 Å². The highest BCUT2D eigenvalue weighted by Gasteiger charge is 2.24. The lowest BCUT2D eigenvalue weighted by molar-refractivity contribution is -0.129. The van der Waals surface area contributed by atoms with Crippen molar-refractivity contribution >= 4 is 39.7 Å². The van der Waals surface area contributed by atoms with E-state index in [1.807, 2.05) is 6.92 Å². The molecule has 0 N–H and O–H groups in total. The first-order valence-electron chi connectivity index (χ1n) is 9.73. The fourth-order valence-electron chi connectivity index (χ4n) is 3.00. The number of halogens is 1. The summed E-state index contributed by atoms with van der Waals surface area (Å²) < 4.78 is 41.0. The molecule has 4 rings (SSSR count). The van der Waals surface area contributed by atoms with Crippen molar-refractivity contribution in [2.24, 2.45) is 4.99 Å². The number of aliphatic imine (C=N–C) groups is 1. The minimum absolute atomic E-state index is 0.0135. The van der Waals surface area contributed by atoms with Crippen molar-refractivity contribution in [3.63, 3.8) is 0 Å². The highest BCUT2D eigenvalue weighted by atomic mass is 35.5. The van der Waals surface area contributed by atoms with Crippen LogP contribution in [0.25, 0.3) is 6.08 Å². The summed E-state index contributed by atoms with van der Waals surface area (Å²) in [7, 11) is -2.66. The van der Waals surface area contributed by atoms with E-state index >= 15 is 0 Å². The molecular formula is C24H18ClNO6S. The first-order chi connectivity index (χ1) is 15.7. The normalized spacial score (nSPS) is 14.7. The molecule has 33 heavy (non-hydrogen) atoms. The number of esters is 1. The van der Waals surface area contributed by atoms with Gasteiger partial charge in [0.1, 0.15) is 4.90 Å². The molecule has 1 aliphatic heterocycles. The van der Waals surface area contributed by atoms with Crippen molar-refractivity contribution in [3.05, 3.63) is 94.1 Å². The second-order valence-electron chi connectivity index (χ2n) is 7.10. The topological polar surface area (TPSA) is 91.3 Å². The van der Waals surface area contributed by atoms with Crippen LogP contribution >= 0.6 is 11.6 Å². The molecule has 3 aromatic carbocycles. The van der Waals surface area contributed by atoms with Gasteiger partial charge in [-0.05, 0) is 67.1 Å². The van der Waals surface area contributed by atoms with Crippen LogP contribution in [0.15, 0.2) is 82.3 Å². The Hall–Kier alpha value is -3.62. The van der Waals surface area contributed by atoms with Crippen molar-refractivity contribution in [3.8, 4) is 11.5 Å². The van der Waals surface area contributed by atoms with Gasteiger partial charge in [-0.3, -0.25) is 0 Å². The fourth-order valence-corrected chi connectivity index (χ4v) is 4.06. The molecule has 0 spiro atoms. The van der Waals surface area contributed by atoms with Gasteiger partial charge in [0.05, 0.1) is 7.11 Å².